The van der Waals surface area contributed by atoms with Crippen molar-refractivity contribution in [2.45, 2.75) is 73.8 Å². The van der Waals surface area contributed by atoms with E-state index in [1.165, 1.54) is 0 Å². The van der Waals surface area contributed by atoms with Crippen molar-refractivity contribution in [2.75, 3.05) is 0 Å². The Kier molecular flexibility index (Phi) is 5.70. The molecule has 17 heavy (non-hydrogen) atoms. The molecule has 0 N–H and O–H groups in total. The Morgan fingerprint density at radius 2 is 1.59 bits per heavy atom. The van der Waals surface area contributed by atoms with Gasteiger partial charge >= 0.3 is 5.97 Å². The first kappa shape index (κ1) is 16.5. The summed E-state index contributed by atoms with van der Waals surface area (Å²) in [6, 6.07) is 0. The highest BCUT2D eigenvalue weighted by Crippen LogP contribution is 2.34. The summed E-state index contributed by atoms with van der Waals surface area (Å²) in [6.07, 6.45) is 1.72. The molecule has 0 aromatic heterocycles. The van der Waals surface area contributed by atoms with Crippen molar-refractivity contribution in [3.8, 4) is 0 Å². The van der Waals surface area contributed by atoms with Crippen molar-refractivity contribution in [1.29, 1.82) is 0 Å². The van der Waals surface area contributed by atoms with Crippen molar-refractivity contribution in [3.63, 3.8) is 0 Å². The molecule has 0 amide bonds. The lowest BCUT2D eigenvalue weighted by atomic mass is 9.79. The van der Waals surface area contributed by atoms with E-state index in [0.29, 0.717) is 11.8 Å². The Morgan fingerprint density at radius 1 is 1.12 bits per heavy atom. The van der Waals surface area contributed by atoms with Crippen LogP contribution in [-0.2, 0) is 9.53 Å². The molecule has 102 valence electrons. The summed E-state index contributed by atoms with van der Waals surface area (Å²) in [4.78, 5) is 12.3. The van der Waals surface area contributed by atoms with Gasteiger partial charge in [-0.2, -0.15) is 0 Å². The number of hydrogen-bond acceptors (Lipinski definition) is 2. The van der Waals surface area contributed by atoms with Gasteiger partial charge in [0.25, 0.3) is 0 Å². The first-order valence-corrected chi connectivity index (χ1v) is 6.78. The van der Waals surface area contributed by atoms with E-state index in [1.54, 1.807) is 0 Å². The molecule has 0 rings (SSSR count). The number of carbonyl (C=O) groups is 1. The van der Waals surface area contributed by atoms with Gasteiger partial charge in [-0.15, -0.1) is 0 Å². The van der Waals surface area contributed by atoms with Crippen LogP contribution in [0, 0.1) is 17.3 Å². The van der Waals surface area contributed by atoms with Crippen molar-refractivity contribution in [1.82, 2.24) is 0 Å². The molecule has 0 fully saturated rings. The number of esters is 1. The van der Waals surface area contributed by atoms with Gasteiger partial charge in [-0.25, -0.2) is 0 Å². The van der Waals surface area contributed by atoms with E-state index in [9.17, 15) is 4.79 Å². The van der Waals surface area contributed by atoms with E-state index in [1.807, 2.05) is 20.8 Å². The highest BCUT2D eigenvalue weighted by Gasteiger charge is 2.38. The summed E-state index contributed by atoms with van der Waals surface area (Å²) in [6.45, 7) is 16.5. The van der Waals surface area contributed by atoms with Gasteiger partial charge in [0, 0.05) is 0 Å². The van der Waals surface area contributed by atoms with Gasteiger partial charge in [0.05, 0.1) is 5.41 Å². The van der Waals surface area contributed by atoms with Crippen LogP contribution in [0.5, 0.6) is 0 Å². The minimum atomic E-state index is -0.384. The molecule has 0 aliphatic carbocycles. The number of ether oxygens (including phenoxy) is 1. The fourth-order valence-corrected chi connectivity index (χ4v) is 1.75. The Balaban J connectivity index is 4.77. The second-order valence-electron chi connectivity index (χ2n) is 6.66. The van der Waals surface area contributed by atoms with Crippen LogP contribution in [-0.4, -0.2) is 11.6 Å². The molecule has 0 heterocycles. The average molecular weight is 242 g/mol. The van der Waals surface area contributed by atoms with Gasteiger partial charge in [-0.3, -0.25) is 4.79 Å². The van der Waals surface area contributed by atoms with Crippen LogP contribution in [0.25, 0.3) is 0 Å². The molecule has 0 radical (unpaired) electrons. The number of carbonyl (C=O) groups excluding carboxylic acids is 1. The molecule has 0 aliphatic rings. The van der Waals surface area contributed by atoms with E-state index in [4.69, 9.17) is 4.74 Å². The normalized spacial score (nSPS) is 16.1. The fourth-order valence-electron chi connectivity index (χ4n) is 1.75. The second kappa shape index (κ2) is 5.88. The molecule has 1 atom stereocenters. The average Bonchev–Trinajstić information content (AvgIpc) is 2.15. The zero-order valence-electron chi connectivity index (χ0n) is 12.9. The Hall–Kier alpha value is -0.530. The van der Waals surface area contributed by atoms with Crippen molar-refractivity contribution < 1.29 is 9.53 Å². The minimum absolute atomic E-state index is 0.0487. The Morgan fingerprint density at radius 3 is 1.88 bits per heavy atom. The topological polar surface area (TPSA) is 26.3 Å². The van der Waals surface area contributed by atoms with Crippen LogP contribution in [0.3, 0.4) is 0 Å². The quantitative estimate of drug-likeness (QED) is 0.644. The first-order chi connectivity index (χ1) is 7.55. The molecule has 0 saturated heterocycles. The molecule has 0 saturated carbocycles. The van der Waals surface area contributed by atoms with Crippen LogP contribution in [0.4, 0.5) is 0 Å². The molecular formula is C15H30O2. The third-order valence-corrected chi connectivity index (χ3v) is 3.88. The lowest BCUT2D eigenvalue weighted by Crippen LogP contribution is -2.40. The van der Waals surface area contributed by atoms with Crippen LogP contribution < -0.4 is 0 Å². The summed E-state index contributed by atoms with van der Waals surface area (Å²) >= 11 is 0. The predicted molar refractivity (Wildman–Crippen MR) is 72.9 cm³/mol. The molecule has 2 nitrogen and oxygen atoms in total. The van der Waals surface area contributed by atoms with Crippen molar-refractivity contribution in [3.05, 3.63) is 0 Å². The standard InChI is InChI=1S/C15H30O2/c1-9-15(8,10-11(2)3)13(16)17-14(6,7)12(4)5/h11-12H,9-10H2,1-8H3. The van der Waals surface area contributed by atoms with Crippen LogP contribution in [0.1, 0.15) is 68.2 Å². The van der Waals surface area contributed by atoms with Crippen molar-refractivity contribution >= 4 is 5.97 Å². The first-order valence-electron chi connectivity index (χ1n) is 6.78. The third-order valence-electron chi connectivity index (χ3n) is 3.88. The van der Waals surface area contributed by atoms with Gasteiger partial charge in [0.1, 0.15) is 5.60 Å². The summed E-state index contributed by atoms with van der Waals surface area (Å²) in [5.41, 5.74) is -0.731. The van der Waals surface area contributed by atoms with Gasteiger partial charge in [0.2, 0.25) is 0 Å². The number of hydrogen-bond donors (Lipinski definition) is 0. The second-order valence-corrected chi connectivity index (χ2v) is 6.66. The zero-order valence-corrected chi connectivity index (χ0v) is 12.9. The lowest BCUT2D eigenvalue weighted by molar-refractivity contribution is -0.173. The summed E-state index contributed by atoms with van der Waals surface area (Å²) in [5.74, 6) is 0.786. The lowest BCUT2D eigenvalue weighted by Gasteiger charge is -2.35. The van der Waals surface area contributed by atoms with Crippen molar-refractivity contribution in [2.24, 2.45) is 17.3 Å². The van der Waals surface area contributed by atoms with E-state index in [-0.39, 0.29) is 17.0 Å². The molecule has 1 unspecified atom stereocenters. The molecule has 0 aromatic rings. The molecular weight excluding hydrogens is 212 g/mol. The van der Waals surface area contributed by atoms with Gasteiger partial charge in [-0.1, -0.05) is 34.6 Å². The largest absolute Gasteiger partial charge is 0.459 e. The molecule has 0 aromatic carbocycles. The maximum Gasteiger partial charge on any atom is 0.312 e. The van der Waals surface area contributed by atoms with E-state index in [0.717, 1.165) is 12.8 Å². The van der Waals surface area contributed by atoms with Crippen LogP contribution in [0.2, 0.25) is 0 Å². The minimum Gasteiger partial charge on any atom is -0.459 e. The van der Waals surface area contributed by atoms with Gasteiger partial charge < -0.3 is 4.74 Å². The Bertz CT molecular complexity index is 254. The van der Waals surface area contributed by atoms with Gasteiger partial charge in [-0.05, 0) is 45.4 Å². The summed E-state index contributed by atoms with van der Waals surface area (Å²) in [7, 11) is 0. The van der Waals surface area contributed by atoms with Crippen LogP contribution in [0.15, 0.2) is 0 Å². The number of rotatable bonds is 6. The van der Waals surface area contributed by atoms with E-state index >= 15 is 0 Å². The van der Waals surface area contributed by atoms with Crippen LogP contribution >= 0.6 is 0 Å². The fraction of sp³-hybridized carbons (Fsp3) is 0.933. The maximum atomic E-state index is 12.3. The molecule has 0 aliphatic heterocycles. The predicted octanol–water partition coefficient (Wildman–Crippen LogP) is 4.43. The molecule has 0 spiro atoms. The summed E-state index contributed by atoms with van der Waals surface area (Å²) in [5, 5.41) is 0. The zero-order chi connectivity index (χ0) is 13.9. The summed E-state index contributed by atoms with van der Waals surface area (Å²) < 4.78 is 5.72. The molecule has 2 heteroatoms. The Labute approximate surface area is 107 Å². The van der Waals surface area contributed by atoms with E-state index in [2.05, 4.69) is 34.6 Å². The maximum absolute atomic E-state index is 12.3. The monoisotopic (exact) mass is 242 g/mol. The van der Waals surface area contributed by atoms with Gasteiger partial charge in [0.15, 0.2) is 0 Å². The smallest absolute Gasteiger partial charge is 0.312 e. The molecule has 0 bridgehead atoms. The highest BCUT2D eigenvalue weighted by atomic mass is 16.6. The SMILES string of the molecule is CCC(C)(CC(C)C)C(=O)OC(C)(C)C(C)C. The highest BCUT2D eigenvalue weighted by molar-refractivity contribution is 5.76. The van der Waals surface area contributed by atoms with E-state index < -0.39 is 0 Å². The third kappa shape index (κ3) is 4.69.